The number of carbonyl (C=O) groups excluding carboxylic acids is 3. The zero-order chi connectivity index (χ0) is 22.1. The molecule has 2 aromatic rings. The molecule has 31 heavy (non-hydrogen) atoms. The molecule has 1 aliphatic rings. The van der Waals surface area contributed by atoms with Gasteiger partial charge in [0.15, 0.2) is 0 Å². The molecule has 0 bridgehead atoms. The minimum Gasteiger partial charge on any atom is -0.490 e. The maximum absolute atomic E-state index is 13.0. The Balaban J connectivity index is 1.59. The molecule has 0 radical (unpaired) electrons. The Hall–Kier alpha value is -3.61. The van der Waals surface area contributed by atoms with Gasteiger partial charge in [0.1, 0.15) is 18.4 Å². The average molecular weight is 422 g/mol. The van der Waals surface area contributed by atoms with E-state index in [9.17, 15) is 14.4 Å². The third kappa shape index (κ3) is 6.18. The summed E-state index contributed by atoms with van der Waals surface area (Å²) in [5.74, 6) is -0.562. The van der Waals surface area contributed by atoms with Crippen molar-refractivity contribution in [3.63, 3.8) is 0 Å². The van der Waals surface area contributed by atoms with E-state index in [1.807, 2.05) is 30.3 Å². The highest BCUT2D eigenvalue weighted by Crippen LogP contribution is 2.18. The molecular formula is C24H26N2O5. The van der Waals surface area contributed by atoms with Gasteiger partial charge in [0.2, 0.25) is 5.91 Å². The fourth-order valence-corrected chi connectivity index (χ4v) is 3.32. The number of hydrogen-bond donors (Lipinski definition) is 1. The van der Waals surface area contributed by atoms with Gasteiger partial charge in [-0.05, 0) is 29.8 Å². The van der Waals surface area contributed by atoms with E-state index in [2.05, 4.69) is 11.9 Å². The Bertz CT molecular complexity index is 911. The number of ether oxygens (including phenoxy) is 2. The lowest BCUT2D eigenvalue weighted by molar-refractivity contribution is -0.147. The SMILES string of the molecule is C=CCOc1ccc(C(=O)N2CCNC(=O)[C@@H]2CC(=O)OCCc2ccccc2)cc1. The van der Waals surface area contributed by atoms with E-state index in [4.69, 9.17) is 9.47 Å². The number of rotatable bonds is 9. The Morgan fingerprint density at radius 2 is 1.87 bits per heavy atom. The summed E-state index contributed by atoms with van der Waals surface area (Å²) in [6.07, 6.45) is 2.04. The van der Waals surface area contributed by atoms with Crippen LogP contribution in [-0.2, 0) is 20.7 Å². The van der Waals surface area contributed by atoms with Crippen molar-refractivity contribution in [2.45, 2.75) is 18.9 Å². The summed E-state index contributed by atoms with van der Waals surface area (Å²) in [4.78, 5) is 39.2. The van der Waals surface area contributed by atoms with Gasteiger partial charge < -0.3 is 19.7 Å². The Kier molecular flexibility index (Phi) is 7.81. The van der Waals surface area contributed by atoms with Crippen molar-refractivity contribution in [1.82, 2.24) is 10.2 Å². The summed E-state index contributed by atoms with van der Waals surface area (Å²) < 4.78 is 10.7. The second-order valence-electron chi connectivity index (χ2n) is 7.09. The van der Waals surface area contributed by atoms with Crippen molar-refractivity contribution in [3.8, 4) is 5.75 Å². The lowest BCUT2D eigenvalue weighted by Crippen LogP contribution is -2.57. The summed E-state index contributed by atoms with van der Waals surface area (Å²) in [6, 6.07) is 15.4. The summed E-state index contributed by atoms with van der Waals surface area (Å²) >= 11 is 0. The van der Waals surface area contributed by atoms with Gasteiger partial charge in [0, 0.05) is 25.1 Å². The van der Waals surface area contributed by atoms with Gasteiger partial charge in [0.25, 0.3) is 5.91 Å². The lowest BCUT2D eigenvalue weighted by Gasteiger charge is -2.34. The molecule has 0 aliphatic carbocycles. The molecule has 1 aliphatic heterocycles. The molecule has 7 nitrogen and oxygen atoms in total. The van der Waals surface area contributed by atoms with E-state index in [1.54, 1.807) is 30.3 Å². The van der Waals surface area contributed by atoms with E-state index in [-0.39, 0.29) is 24.8 Å². The molecule has 1 saturated heterocycles. The lowest BCUT2D eigenvalue weighted by atomic mass is 10.1. The number of esters is 1. The molecule has 7 heteroatoms. The van der Waals surface area contributed by atoms with E-state index in [0.29, 0.717) is 37.4 Å². The van der Waals surface area contributed by atoms with Crippen LogP contribution in [0.25, 0.3) is 0 Å². The molecule has 3 rings (SSSR count). The number of amides is 2. The second kappa shape index (κ2) is 11.0. The predicted octanol–water partition coefficient (Wildman–Crippen LogP) is 2.37. The normalized spacial score (nSPS) is 15.7. The van der Waals surface area contributed by atoms with Crippen molar-refractivity contribution in [2.75, 3.05) is 26.3 Å². The standard InChI is InChI=1S/C24H26N2O5/c1-2-15-30-20-10-8-19(9-11-20)24(29)26-14-13-25-23(28)21(26)17-22(27)31-16-12-18-6-4-3-5-7-18/h2-11,21H,1,12-17H2,(H,25,28)/t21-/m0/s1. The van der Waals surface area contributed by atoms with Gasteiger partial charge in [-0.15, -0.1) is 0 Å². The number of piperazine rings is 1. The molecule has 0 unspecified atom stereocenters. The van der Waals surface area contributed by atoms with Crippen LogP contribution in [0.4, 0.5) is 0 Å². The minimum absolute atomic E-state index is 0.188. The van der Waals surface area contributed by atoms with Crippen molar-refractivity contribution < 1.29 is 23.9 Å². The van der Waals surface area contributed by atoms with Crippen LogP contribution in [0.3, 0.4) is 0 Å². The highest BCUT2D eigenvalue weighted by Gasteiger charge is 2.35. The van der Waals surface area contributed by atoms with Crippen LogP contribution in [-0.4, -0.2) is 55.0 Å². The largest absolute Gasteiger partial charge is 0.490 e. The number of nitrogens with zero attached hydrogens (tertiary/aromatic N) is 1. The Morgan fingerprint density at radius 1 is 1.13 bits per heavy atom. The van der Waals surface area contributed by atoms with Gasteiger partial charge in [-0.1, -0.05) is 43.0 Å². The van der Waals surface area contributed by atoms with E-state index >= 15 is 0 Å². The summed E-state index contributed by atoms with van der Waals surface area (Å²) in [7, 11) is 0. The Labute approximate surface area is 181 Å². The molecule has 0 spiro atoms. The van der Waals surface area contributed by atoms with Gasteiger partial charge >= 0.3 is 5.97 Å². The molecule has 1 fully saturated rings. The molecule has 0 aromatic heterocycles. The fraction of sp³-hybridized carbons (Fsp3) is 0.292. The molecular weight excluding hydrogens is 396 g/mol. The number of benzene rings is 2. The summed E-state index contributed by atoms with van der Waals surface area (Å²) in [6.45, 7) is 4.84. The van der Waals surface area contributed by atoms with Crippen molar-refractivity contribution in [3.05, 3.63) is 78.4 Å². The molecule has 2 amide bonds. The zero-order valence-electron chi connectivity index (χ0n) is 17.3. The maximum Gasteiger partial charge on any atom is 0.308 e. The first kappa shape index (κ1) is 22.1. The van der Waals surface area contributed by atoms with E-state index in [1.165, 1.54) is 4.90 Å². The Morgan fingerprint density at radius 3 is 2.58 bits per heavy atom. The average Bonchev–Trinajstić information content (AvgIpc) is 2.79. The van der Waals surface area contributed by atoms with Crippen LogP contribution in [0.1, 0.15) is 22.3 Å². The smallest absolute Gasteiger partial charge is 0.308 e. The summed E-state index contributed by atoms with van der Waals surface area (Å²) in [5, 5.41) is 2.72. The van der Waals surface area contributed by atoms with Crippen LogP contribution < -0.4 is 10.1 Å². The van der Waals surface area contributed by atoms with Crippen LogP contribution in [0, 0.1) is 0 Å². The number of nitrogens with one attached hydrogen (secondary N) is 1. The van der Waals surface area contributed by atoms with Gasteiger partial charge in [-0.3, -0.25) is 14.4 Å². The molecule has 1 heterocycles. The quantitative estimate of drug-likeness (QED) is 0.495. The van der Waals surface area contributed by atoms with E-state index in [0.717, 1.165) is 5.56 Å². The molecule has 0 saturated carbocycles. The third-order valence-electron chi connectivity index (χ3n) is 4.92. The first-order valence-corrected chi connectivity index (χ1v) is 10.2. The van der Waals surface area contributed by atoms with Crippen molar-refractivity contribution in [1.29, 1.82) is 0 Å². The summed E-state index contributed by atoms with van der Waals surface area (Å²) in [5.41, 5.74) is 1.48. The van der Waals surface area contributed by atoms with Crippen LogP contribution in [0.5, 0.6) is 5.75 Å². The second-order valence-corrected chi connectivity index (χ2v) is 7.09. The van der Waals surface area contributed by atoms with Crippen molar-refractivity contribution in [2.24, 2.45) is 0 Å². The number of carbonyl (C=O) groups is 3. The molecule has 2 aromatic carbocycles. The van der Waals surface area contributed by atoms with Crippen LogP contribution in [0.2, 0.25) is 0 Å². The first-order chi connectivity index (χ1) is 15.1. The zero-order valence-corrected chi connectivity index (χ0v) is 17.3. The highest BCUT2D eigenvalue weighted by atomic mass is 16.5. The monoisotopic (exact) mass is 422 g/mol. The predicted molar refractivity (Wildman–Crippen MR) is 116 cm³/mol. The number of hydrogen-bond acceptors (Lipinski definition) is 5. The maximum atomic E-state index is 13.0. The highest BCUT2D eigenvalue weighted by molar-refractivity contribution is 5.99. The third-order valence-corrected chi connectivity index (χ3v) is 4.92. The molecule has 1 atom stereocenters. The van der Waals surface area contributed by atoms with Crippen molar-refractivity contribution >= 4 is 17.8 Å². The topological polar surface area (TPSA) is 84.9 Å². The fourth-order valence-electron chi connectivity index (χ4n) is 3.32. The minimum atomic E-state index is -0.901. The van der Waals surface area contributed by atoms with Crippen LogP contribution >= 0.6 is 0 Å². The van der Waals surface area contributed by atoms with Gasteiger partial charge in [-0.25, -0.2) is 0 Å². The molecule has 162 valence electrons. The van der Waals surface area contributed by atoms with E-state index < -0.39 is 12.0 Å². The van der Waals surface area contributed by atoms with Crippen LogP contribution in [0.15, 0.2) is 67.3 Å². The van der Waals surface area contributed by atoms with Gasteiger partial charge in [0.05, 0.1) is 13.0 Å². The first-order valence-electron chi connectivity index (χ1n) is 10.2. The van der Waals surface area contributed by atoms with Gasteiger partial charge in [-0.2, -0.15) is 0 Å². The molecule has 1 N–H and O–H groups in total.